The third-order valence-corrected chi connectivity index (χ3v) is 7.22. The van der Waals surface area contributed by atoms with Gasteiger partial charge in [-0.05, 0) is 42.8 Å². The van der Waals surface area contributed by atoms with Crippen molar-refractivity contribution in [2.24, 2.45) is 0 Å². The average Bonchev–Trinajstić information content (AvgIpc) is 2.94. The topological polar surface area (TPSA) is 81.1 Å². The van der Waals surface area contributed by atoms with Gasteiger partial charge in [-0.1, -0.05) is 41.6 Å². The Kier molecular flexibility index (Phi) is 8.87. The molecule has 0 radical (unpaired) electrons. The molecule has 2 heterocycles. The lowest BCUT2D eigenvalue weighted by Gasteiger charge is -2.38. The van der Waals surface area contributed by atoms with E-state index >= 15 is 0 Å². The average molecular weight is 529 g/mol. The van der Waals surface area contributed by atoms with Gasteiger partial charge in [0.1, 0.15) is 0 Å². The molecule has 35 heavy (non-hydrogen) atoms. The van der Waals surface area contributed by atoms with Gasteiger partial charge in [0.25, 0.3) is 0 Å². The molecule has 0 amide bonds. The van der Waals surface area contributed by atoms with E-state index in [2.05, 4.69) is 22.9 Å². The number of hydrogen-bond donors (Lipinski definition) is 2. The molecule has 1 saturated heterocycles. The molecule has 2 N–H and O–H groups in total. The lowest BCUT2D eigenvalue weighted by Crippen LogP contribution is -2.46. The molecule has 1 fully saturated rings. The number of alkyl halides is 3. The molecule has 188 valence electrons. The van der Waals surface area contributed by atoms with Gasteiger partial charge in [0.15, 0.2) is 0 Å². The van der Waals surface area contributed by atoms with Crippen LogP contribution in [0.3, 0.4) is 0 Å². The first-order chi connectivity index (χ1) is 16.5. The van der Waals surface area contributed by atoms with Crippen molar-refractivity contribution < 1.29 is 33.0 Å². The van der Waals surface area contributed by atoms with Gasteiger partial charge in [0.2, 0.25) is 0 Å². The highest BCUT2D eigenvalue weighted by Gasteiger charge is 2.36. The van der Waals surface area contributed by atoms with Crippen LogP contribution in [0, 0.1) is 0 Å². The Morgan fingerprint density at radius 2 is 1.63 bits per heavy atom. The van der Waals surface area contributed by atoms with Crippen LogP contribution in [0.15, 0.2) is 58.3 Å². The molecule has 0 spiro atoms. The van der Waals surface area contributed by atoms with Gasteiger partial charge in [0.05, 0.1) is 10.6 Å². The maximum absolute atomic E-state index is 13.4. The molecule has 2 aliphatic rings. The zero-order chi connectivity index (χ0) is 25.8. The van der Waals surface area contributed by atoms with E-state index in [0.717, 1.165) is 43.1 Å². The van der Waals surface area contributed by atoms with E-state index in [1.54, 1.807) is 6.07 Å². The molecule has 1 unspecified atom stereocenters. The number of halogens is 4. The fourth-order valence-corrected chi connectivity index (χ4v) is 5.38. The van der Waals surface area contributed by atoms with Gasteiger partial charge in [-0.15, -0.1) is 0 Å². The minimum absolute atomic E-state index is 0.0321. The van der Waals surface area contributed by atoms with Crippen molar-refractivity contribution in [2.75, 3.05) is 33.2 Å². The lowest BCUT2D eigenvalue weighted by atomic mass is 9.95. The van der Waals surface area contributed by atoms with E-state index in [1.807, 2.05) is 18.2 Å². The van der Waals surface area contributed by atoms with Crippen LogP contribution < -0.4 is 0 Å². The van der Waals surface area contributed by atoms with E-state index in [-0.39, 0.29) is 11.1 Å². The Morgan fingerprint density at radius 3 is 2.20 bits per heavy atom. The molecule has 6 nitrogen and oxygen atoms in total. The molecule has 2 aromatic carbocycles. The number of nitrogens with zero attached hydrogens (tertiary/aromatic N) is 2. The number of carboxylic acids is 2. The van der Waals surface area contributed by atoms with Crippen LogP contribution in [0.2, 0.25) is 5.02 Å². The molecule has 0 bridgehead atoms. The highest BCUT2D eigenvalue weighted by atomic mass is 35.5. The fraction of sp³-hybridized carbons (Fsp3) is 0.333. The maximum Gasteiger partial charge on any atom is 0.417 e. The summed E-state index contributed by atoms with van der Waals surface area (Å²) >= 11 is 7.50. The molecular formula is C24H24ClF3N2O4S. The molecule has 2 aromatic rings. The van der Waals surface area contributed by atoms with Crippen LogP contribution in [0.5, 0.6) is 0 Å². The Labute approximate surface area is 210 Å². The van der Waals surface area contributed by atoms with Gasteiger partial charge < -0.3 is 15.1 Å². The van der Waals surface area contributed by atoms with Crippen molar-refractivity contribution in [3.63, 3.8) is 0 Å². The predicted octanol–water partition coefficient (Wildman–Crippen LogP) is 5.07. The molecule has 4 rings (SSSR count). The minimum Gasteiger partial charge on any atom is -0.478 e. The summed E-state index contributed by atoms with van der Waals surface area (Å²) in [6, 6.07) is 10.8. The second-order valence-corrected chi connectivity index (χ2v) is 9.64. The third kappa shape index (κ3) is 7.23. The zero-order valence-corrected chi connectivity index (χ0v) is 20.3. The number of likely N-dealkylation sites (N-methyl/N-ethyl adjacent to an activating group) is 1. The number of aliphatic carboxylic acids is 2. The largest absolute Gasteiger partial charge is 0.478 e. The number of fused-ring (bicyclic) bond motifs is 2. The summed E-state index contributed by atoms with van der Waals surface area (Å²) in [7, 11) is 2.09. The van der Waals surface area contributed by atoms with Crippen molar-refractivity contribution in [1.82, 2.24) is 9.80 Å². The summed E-state index contributed by atoms with van der Waals surface area (Å²) in [6.07, 6.45) is -2.56. The summed E-state index contributed by atoms with van der Waals surface area (Å²) in [5.74, 6) is -2.51. The van der Waals surface area contributed by atoms with Crippen molar-refractivity contribution in [1.29, 1.82) is 0 Å². The molecular weight excluding hydrogens is 505 g/mol. The molecule has 11 heteroatoms. The number of piperazine rings is 1. The zero-order valence-electron chi connectivity index (χ0n) is 18.8. The minimum atomic E-state index is -4.46. The molecule has 1 atom stereocenters. The highest BCUT2D eigenvalue weighted by molar-refractivity contribution is 7.99. The monoisotopic (exact) mass is 528 g/mol. The van der Waals surface area contributed by atoms with Gasteiger partial charge >= 0.3 is 18.1 Å². The third-order valence-electron chi connectivity index (χ3n) is 5.72. The van der Waals surface area contributed by atoms with E-state index in [9.17, 15) is 22.8 Å². The summed E-state index contributed by atoms with van der Waals surface area (Å²) < 4.78 is 40.2. The SMILES string of the molecule is CN1CCN(C2Cc3ccccc3Sc3cc(C(F)(F)F)c(Cl)cc32)CC1.O=C(O)/C=C/C(=O)O. The van der Waals surface area contributed by atoms with Crippen LogP contribution in [-0.2, 0) is 22.2 Å². The van der Waals surface area contributed by atoms with Crippen molar-refractivity contribution in [3.8, 4) is 0 Å². The maximum atomic E-state index is 13.4. The van der Waals surface area contributed by atoms with Gasteiger partial charge in [-0.25, -0.2) is 9.59 Å². The summed E-state index contributed by atoms with van der Waals surface area (Å²) in [5, 5.41) is 15.4. The van der Waals surface area contributed by atoms with E-state index in [1.165, 1.54) is 23.4 Å². The first-order valence-electron chi connectivity index (χ1n) is 10.7. The van der Waals surface area contributed by atoms with Crippen LogP contribution in [-0.4, -0.2) is 65.2 Å². The van der Waals surface area contributed by atoms with E-state index in [0.29, 0.717) is 17.0 Å². The Bertz CT molecular complexity index is 1100. The fourth-order valence-electron chi connectivity index (χ4n) is 3.95. The Morgan fingerprint density at radius 1 is 1.03 bits per heavy atom. The van der Waals surface area contributed by atoms with Crippen LogP contribution >= 0.6 is 23.4 Å². The number of rotatable bonds is 3. The highest BCUT2D eigenvalue weighted by Crippen LogP contribution is 2.47. The van der Waals surface area contributed by atoms with Crippen LogP contribution in [0.25, 0.3) is 0 Å². The molecule has 0 saturated carbocycles. The first-order valence-corrected chi connectivity index (χ1v) is 11.9. The second kappa shape index (κ2) is 11.5. The quantitative estimate of drug-likeness (QED) is 0.539. The summed E-state index contributed by atoms with van der Waals surface area (Å²) in [6.45, 7) is 3.70. The predicted molar refractivity (Wildman–Crippen MR) is 127 cm³/mol. The first kappa shape index (κ1) is 27.1. The molecule has 0 aromatic heterocycles. The molecule has 0 aliphatic carbocycles. The lowest BCUT2D eigenvalue weighted by molar-refractivity contribution is -0.137. The van der Waals surface area contributed by atoms with E-state index in [4.69, 9.17) is 21.8 Å². The van der Waals surface area contributed by atoms with Gasteiger partial charge in [-0.2, -0.15) is 13.2 Å². The summed E-state index contributed by atoms with van der Waals surface area (Å²) in [5.41, 5.74) is 1.32. The molecule has 2 aliphatic heterocycles. The van der Waals surface area contributed by atoms with Crippen LogP contribution in [0.4, 0.5) is 13.2 Å². The Balaban J connectivity index is 0.000000371. The number of carboxylic acid groups (broad SMARTS) is 2. The van der Waals surface area contributed by atoms with Crippen molar-refractivity contribution in [3.05, 3.63) is 70.3 Å². The smallest absolute Gasteiger partial charge is 0.417 e. The standard InChI is InChI=1S/C20H20ClF3N2S.C4H4O4/c1-25-6-8-26(9-7-25)17-10-13-4-2-3-5-18(13)27-19-12-15(20(22,23)24)16(21)11-14(17)19;5-3(6)1-2-4(7)8/h2-5,11-12,17H,6-10H2,1H3;1-2H,(H,5,6)(H,7,8)/b;2-1+. The van der Waals surface area contributed by atoms with Gasteiger partial charge in [-0.3, -0.25) is 4.90 Å². The second-order valence-electron chi connectivity index (χ2n) is 8.15. The van der Waals surface area contributed by atoms with Gasteiger partial charge in [0, 0.05) is 54.2 Å². The number of hydrogen-bond acceptors (Lipinski definition) is 5. The number of benzene rings is 2. The normalized spacial score (nSPS) is 18.7. The Hall–Kier alpha value is -2.53. The summed E-state index contributed by atoms with van der Waals surface area (Å²) in [4.78, 5) is 25.4. The van der Waals surface area contributed by atoms with Crippen molar-refractivity contribution in [2.45, 2.75) is 28.4 Å². The van der Waals surface area contributed by atoms with Crippen molar-refractivity contribution >= 4 is 35.3 Å². The van der Waals surface area contributed by atoms with Crippen LogP contribution in [0.1, 0.15) is 22.7 Å². The van der Waals surface area contributed by atoms with E-state index < -0.39 is 23.7 Å². The number of carbonyl (C=O) groups is 2.